The lowest BCUT2D eigenvalue weighted by Crippen LogP contribution is -2.39. The molecule has 1 fully saturated rings. The predicted molar refractivity (Wildman–Crippen MR) is 85.9 cm³/mol. The van der Waals surface area contributed by atoms with E-state index >= 15 is 0 Å². The molecule has 0 unspecified atom stereocenters. The third-order valence-corrected chi connectivity index (χ3v) is 4.09. The summed E-state index contributed by atoms with van der Waals surface area (Å²) in [6, 6.07) is 5.98. The largest absolute Gasteiger partial charge is 0.359 e. The second kappa shape index (κ2) is 7.60. The minimum absolute atomic E-state index is 0.119. The number of nitrogens with zero attached hydrogens (tertiary/aromatic N) is 3. The maximum absolute atomic E-state index is 12.4. The zero-order chi connectivity index (χ0) is 15.9. The Morgan fingerprint density at radius 2 is 2.14 bits per heavy atom. The summed E-state index contributed by atoms with van der Waals surface area (Å²) in [7, 11) is 1.79. The first-order valence-electron chi connectivity index (χ1n) is 7.68. The number of likely N-dealkylation sites (N-methyl/N-ethyl adjacent to an activating group) is 1. The first kappa shape index (κ1) is 16.0. The lowest BCUT2D eigenvalue weighted by molar-refractivity contribution is -0.128. The van der Waals surface area contributed by atoms with Crippen molar-refractivity contribution in [2.75, 3.05) is 12.4 Å². The maximum Gasteiger partial charge on any atom is 0.266 e. The van der Waals surface area contributed by atoms with E-state index in [1.165, 1.54) is 12.6 Å². The molecule has 1 amide bonds. The van der Waals surface area contributed by atoms with E-state index in [2.05, 4.69) is 10.3 Å². The lowest BCUT2D eigenvalue weighted by atomic mass is 9.94. The normalized spacial score (nSPS) is 16.0. The summed E-state index contributed by atoms with van der Waals surface area (Å²) in [5.41, 5.74) is 1.79. The summed E-state index contributed by atoms with van der Waals surface area (Å²) in [6.07, 6.45) is 8.74. The monoisotopic (exact) mass is 298 g/mol. The molecule has 0 aliphatic heterocycles. The average Bonchev–Trinajstić information content (AvgIpc) is 2.57. The third kappa shape index (κ3) is 4.08. The van der Waals surface area contributed by atoms with E-state index < -0.39 is 0 Å². The molecule has 116 valence electrons. The first-order chi connectivity index (χ1) is 10.6. The third-order valence-electron chi connectivity index (χ3n) is 4.09. The minimum atomic E-state index is -0.220. The van der Waals surface area contributed by atoms with Crippen LogP contribution in [0.2, 0.25) is 0 Å². The molecule has 22 heavy (non-hydrogen) atoms. The summed E-state index contributed by atoms with van der Waals surface area (Å²) in [6.45, 7) is 1.91. The van der Waals surface area contributed by atoms with Crippen LogP contribution in [0.25, 0.3) is 0 Å². The molecular formula is C17H22N4O. The van der Waals surface area contributed by atoms with E-state index in [0.29, 0.717) is 0 Å². The molecule has 5 nitrogen and oxygen atoms in total. The van der Waals surface area contributed by atoms with Crippen LogP contribution in [0.1, 0.15) is 37.8 Å². The number of carbonyl (C=O) groups is 1. The zero-order valence-electron chi connectivity index (χ0n) is 13.2. The van der Waals surface area contributed by atoms with Gasteiger partial charge in [0.05, 0.1) is 11.9 Å². The van der Waals surface area contributed by atoms with Crippen LogP contribution in [0.5, 0.6) is 0 Å². The van der Waals surface area contributed by atoms with E-state index in [-0.39, 0.29) is 17.5 Å². The van der Waals surface area contributed by atoms with Crippen molar-refractivity contribution in [1.82, 2.24) is 9.88 Å². The maximum atomic E-state index is 12.4. The van der Waals surface area contributed by atoms with Crippen molar-refractivity contribution in [2.45, 2.75) is 45.1 Å². The average molecular weight is 298 g/mol. The van der Waals surface area contributed by atoms with Gasteiger partial charge in [-0.05, 0) is 31.9 Å². The molecule has 1 N–H and O–H groups in total. The van der Waals surface area contributed by atoms with Gasteiger partial charge in [0, 0.05) is 25.0 Å². The highest BCUT2D eigenvalue weighted by Crippen LogP contribution is 2.22. The van der Waals surface area contributed by atoms with Gasteiger partial charge in [0.1, 0.15) is 11.6 Å². The molecule has 5 heteroatoms. The van der Waals surface area contributed by atoms with Crippen LogP contribution in [0, 0.1) is 18.3 Å². The van der Waals surface area contributed by atoms with Crippen LogP contribution >= 0.6 is 0 Å². The Hall–Kier alpha value is -2.35. The Morgan fingerprint density at radius 3 is 2.73 bits per heavy atom. The number of carbonyl (C=O) groups excluding carboxylic acids is 1. The van der Waals surface area contributed by atoms with Crippen molar-refractivity contribution in [3.63, 3.8) is 0 Å². The number of aryl methyl sites for hydroxylation is 1. The van der Waals surface area contributed by atoms with Crippen molar-refractivity contribution in [1.29, 1.82) is 5.26 Å². The fourth-order valence-corrected chi connectivity index (χ4v) is 2.67. The number of anilines is 1. The number of hydrogen-bond donors (Lipinski definition) is 1. The fourth-order valence-electron chi connectivity index (χ4n) is 2.67. The van der Waals surface area contributed by atoms with E-state index in [9.17, 15) is 10.1 Å². The van der Waals surface area contributed by atoms with Gasteiger partial charge in [-0.15, -0.1) is 0 Å². The molecule has 1 heterocycles. The Labute approximate surface area is 131 Å². The Bertz CT molecular complexity index is 580. The van der Waals surface area contributed by atoms with Crippen molar-refractivity contribution in [3.8, 4) is 6.07 Å². The number of nitriles is 1. The number of nitrogens with one attached hydrogen (secondary N) is 1. The van der Waals surface area contributed by atoms with Gasteiger partial charge >= 0.3 is 0 Å². The zero-order valence-corrected chi connectivity index (χ0v) is 13.2. The number of rotatable bonds is 4. The second-order valence-corrected chi connectivity index (χ2v) is 5.71. The van der Waals surface area contributed by atoms with Crippen LogP contribution in [0.3, 0.4) is 0 Å². The highest BCUT2D eigenvalue weighted by molar-refractivity contribution is 5.97. The van der Waals surface area contributed by atoms with Gasteiger partial charge in [-0.3, -0.25) is 9.78 Å². The Balaban J connectivity index is 2.03. The summed E-state index contributed by atoms with van der Waals surface area (Å²) in [4.78, 5) is 18.3. The summed E-state index contributed by atoms with van der Waals surface area (Å²) >= 11 is 0. The second-order valence-electron chi connectivity index (χ2n) is 5.71. The van der Waals surface area contributed by atoms with Crippen LogP contribution < -0.4 is 5.32 Å². The van der Waals surface area contributed by atoms with E-state index in [4.69, 9.17) is 0 Å². The minimum Gasteiger partial charge on any atom is -0.359 e. The number of hydrogen-bond acceptors (Lipinski definition) is 4. The molecule has 1 aromatic rings. The molecule has 0 radical (unpaired) electrons. The molecule has 1 saturated carbocycles. The van der Waals surface area contributed by atoms with Crippen molar-refractivity contribution in [3.05, 3.63) is 35.8 Å². The van der Waals surface area contributed by atoms with E-state index in [1.54, 1.807) is 18.1 Å². The van der Waals surface area contributed by atoms with E-state index in [0.717, 1.165) is 37.1 Å². The molecule has 0 saturated heterocycles. The molecule has 1 aliphatic rings. The van der Waals surface area contributed by atoms with Crippen LogP contribution in [-0.4, -0.2) is 28.9 Å². The van der Waals surface area contributed by atoms with Gasteiger partial charge < -0.3 is 10.2 Å². The number of amides is 1. The highest BCUT2D eigenvalue weighted by atomic mass is 16.2. The highest BCUT2D eigenvalue weighted by Gasteiger charge is 2.24. The number of aromatic nitrogens is 1. The fraction of sp³-hybridized carbons (Fsp3) is 0.471. The van der Waals surface area contributed by atoms with Crippen LogP contribution in [-0.2, 0) is 4.79 Å². The molecule has 2 rings (SSSR count). The van der Waals surface area contributed by atoms with Gasteiger partial charge in [-0.2, -0.15) is 5.26 Å². The lowest BCUT2D eigenvalue weighted by Gasteiger charge is -2.31. The molecule has 1 aliphatic carbocycles. The quantitative estimate of drug-likeness (QED) is 0.685. The predicted octanol–water partition coefficient (Wildman–Crippen LogP) is 3.00. The molecule has 0 spiro atoms. The SMILES string of the molecule is Cc1ccc(N/C=C(/C#N)C(=O)N(C)C2CCCCC2)cn1. The summed E-state index contributed by atoms with van der Waals surface area (Å²) in [5, 5.41) is 12.2. The molecule has 0 bridgehead atoms. The smallest absolute Gasteiger partial charge is 0.266 e. The Morgan fingerprint density at radius 1 is 1.41 bits per heavy atom. The number of pyridine rings is 1. The van der Waals surface area contributed by atoms with Crippen molar-refractivity contribution < 1.29 is 4.79 Å². The van der Waals surface area contributed by atoms with Crippen molar-refractivity contribution >= 4 is 11.6 Å². The van der Waals surface area contributed by atoms with Gasteiger partial charge in [0.2, 0.25) is 0 Å². The van der Waals surface area contributed by atoms with Crippen molar-refractivity contribution in [2.24, 2.45) is 0 Å². The molecule has 1 aromatic heterocycles. The molecular weight excluding hydrogens is 276 g/mol. The summed E-state index contributed by atoms with van der Waals surface area (Å²) < 4.78 is 0. The summed E-state index contributed by atoms with van der Waals surface area (Å²) in [5.74, 6) is -0.220. The van der Waals surface area contributed by atoms with Crippen LogP contribution in [0.4, 0.5) is 5.69 Å². The van der Waals surface area contributed by atoms with Crippen LogP contribution in [0.15, 0.2) is 30.1 Å². The van der Waals surface area contributed by atoms with Gasteiger partial charge in [0.25, 0.3) is 5.91 Å². The topological polar surface area (TPSA) is 69.0 Å². The first-order valence-corrected chi connectivity index (χ1v) is 7.68. The van der Waals surface area contributed by atoms with E-state index in [1.807, 2.05) is 25.1 Å². The Kier molecular flexibility index (Phi) is 5.54. The molecule has 0 aromatic carbocycles. The standard InChI is InChI=1S/C17H22N4O/c1-13-8-9-15(12-19-13)20-11-14(10-18)17(22)21(2)16-6-4-3-5-7-16/h8-9,11-12,16,20H,3-7H2,1-2H3/b14-11-. The molecule has 0 atom stereocenters. The van der Waals surface area contributed by atoms with Gasteiger partial charge in [0.15, 0.2) is 0 Å². The van der Waals surface area contributed by atoms with Gasteiger partial charge in [-0.1, -0.05) is 19.3 Å². The van der Waals surface area contributed by atoms with Gasteiger partial charge in [-0.25, -0.2) is 0 Å².